The normalized spacial score (nSPS) is 32.5. The van der Waals surface area contributed by atoms with Crippen LogP contribution in [0.2, 0.25) is 0 Å². The van der Waals surface area contributed by atoms with Gasteiger partial charge in [0.05, 0.1) is 41.6 Å². The number of H-pyrrole nitrogens is 1. The Kier molecular flexibility index (Phi) is 2.78. The first-order valence-corrected chi connectivity index (χ1v) is 6.27. The molecule has 0 aliphatic carbocycles. The van der Waals surface area contributed by atoms with Gasteiger partial charge in [0.1, 0.15) is 0 Å². The molecule has 2 bridgehead atoms. The van der Waals surface area contributed by atoms with E-state index in [1.807, 2.05) is 0 Å². The van der Waals surface area contributed by atoms with Crippen LogP contribution in [0.1, 0.15) is 18.5 Å². The van der Waals surface area contributed by atoms with Crippen LogP contribution in [0.15, 0.2) is 6.20 Å². The molecule has 102 valence electrons. The molecule has 7 heteroatoms. The SMILES string of the molecule is Cc1[nH]ncc1NC(=O)C1C2CCC(O2)C1C(=O)O. The van der Waals surface area contributed by atoms with Crippen LogP contribution in [0.25, 0.3) is 0 Å². The van der Waals surface area contributed by atoms with Crippen molar-refractivity contribution in [2.45, 2.75) is 32.0 Å². The number of aliphatic carboxylic acids is 1. The number of carboxylic acid groups (broad SMARTS) is 1. The van der Waals surface area contributed by atoms with Gasteiger partial charge in [0, 0.05) is 0 Å². The number of aromatic nitrogens is 2. The smallest absolute Gasteiger partial charge is 0.310 e. The predicted octanol–water partition coefficient (Wildman–Crippen LogP) is 0.535. The van der Waals surface area contributed by atoms with E-state index >= 15 is 0 Å². The second-order valence-electron chi connectivity index (χ2n) is 5.08. The maximum Gasteiger partial charge on any atom is 0.310 e. The van der Waals surface area contributed by atoms with Crippen LogP contribution in [-0.2, 0) is 14.3 Å². The predicted molar refractivity (Wildman–Crippen MR) is 64.5 cm³/mol. The third kappa shape index (κ3) is 1.90. The summed E-state index contributed by atoms with van der Waals surface area (Å²) in [5.41, 5.74) is 1.32. The van der Waals surface area contributed by atoms with E-state index in [-0.39, 0.29) is 18.1 Å². The number of aromatic amines is 1. The number of ether oxygens (including phenoxy) is 1. The van der Waals surface area contributed by atoms with Gasteiger partial charge in [-0.25, -0.2) is 0 Å². The molecule has 2 aliphatic heterocycles. The highest BCUT2D eigenvalue weighted by Crippen LogP contribution is 2.44. The molecule has 4 unspecified atom stereocenters. The van der Waals surface area contributed by atoms with Crippen molar-refractivity contribution in [1.29, 1.82) is 0 Å². The molecule has 1 aromatic heterocycles. The van der Waals surface area contributed by atoms with Gasteiger partial charge in [0.2, 0.25) is 5.91 Å². The molecular formula is C12H15N3O4. The van der Waals surface area contributed by atoms with E-state index in [4.69, 9.17) is 4.74 Å². The molecule has 7 nitrogen and oxygen atoms in total. The van der Waals surface area contributed by atoms with Crippen molar-refractivity contribution in [3.8, 4) is 0 Å². The monoisotopic (exact) mass is 265 g/mol. The van der Waals surface area contributed by atoms with Crippen LogP contribution < -0.4 is 5.32 Å². The molecule has 3 heterocycles. The minimum absolute atomic E-state index is 0.279. The fraction of sp³-hybridized carbons (Fsp3) is 0.583. The number of hydrogen-bond donors (Lipinski definition) is 3. The van der Waals surface area contributed by atoms with E-state index in [2.05, 4.69) is 15.5 Å². The van der Waals surface area contributed by atoms with Gasteiger partial charge in [-0.2, -0.15) is 5.10 Å². The van der Waals surface area contributed by atoms with Crippen molar-refractivity contribution in [2.75, 3.05) is 5.32 Å². The first-order valence-electron chi connectivity index (χ1n) is 6.27. The lowest BCUT2D eigenvalue weighted by Crippen LogP contribution is -2.41. The summed E-state index contributed by atoms with van der Waals surface area (Å²) in [5, 5.41) is 18.5. The van der Waals surface area contributed by atoms with Gasteiger partial charge in [0.15, 0.2) is 0 Å². The van der Waals surface area contributed by atoms with Gasteiger partial charge >= 0.3 is 5.97 Å². The number of rotatable bonds is 3. The number of carbonyl (C=O) groups is 2. The lowest BCUT2D eigenvalue weighted by molar-refractivity contribution is -0.147. The highest BCUT2D eigenvalue weighted by molar-refractivity contribution is 5.96. The van der Waals surface area contributed by atoms with Crippen LogP contribution >= 0.6 is 0 Å². The molecule has 4 atom stereocenters. The Hall–Kier alpha value is -1.89. The van der Waals surface area contributed by atoms with Crippen LogP contribution in [0.4, 0.5) is 5.69 Å². The topological polar surface area (TPSA) is 104 Å². The highest BCUT2D eigenvalue weighted by atomic mass is 16.5. The van der Waals surface area contributed by atoms with Crippen LogP contribution in [0.3, 0.4) is 0 Å². The molecule has 2 fully saturated rings. The summed E-state index contributed by atoms with van der Waals surface area (Å²) in [6.07, 6.45) is 2.37. The van der Waals surface area contributed by atoms with Crippen molar-refractivity contribution in [2.24, 2.45) is 11.8 Å². The van der Waals surface area contributed by atoms with Gasteiger partial charge in [-0.1, -0.05) is 0 Å². The molecule has 1 amide bonds. The first kappa shape index (κ1) is 12.2. The van der Waals surface area contributed by atoms with Gasteiger partial charge < -0.3 is 15.2 Å². The summed E-state index contributed by atoms with van der Waals surface area (Å²) in [6, 6.07) is 0. The zero-order valence-corrected chi connectivity index (χ0v) is 10.4. The van der Waals surface area contributed by atoms with E-state index in [0.717, 1.165) is 18.5 Å². The van der Waals surface area contributed by atoms with Gasteiger partial charge in [-0.3, -0.25) is 14.7 Å². The van der Waals surface area contributed by atoms with Crippen LogP contribution in [-0.4, -0.2) is 39.4 Å². The van der Waals surface area contributed by atoms with E-state index < -0.39 is 17.8 Å². The van der Waals surface area contributed by atoms with Crippen molar-refractivity contribution >= 4 is 17.6 Å². The Balaban J connectivity index is 1.79. The van der Waals surface area contributed by atoms with E-state index in [1.165, 1.54) is 6.20 Å². The number of hydrogen-bond acceptors (Lipinski definition) is 4. The van der Waals surface area contributed by atoms with Gasteiger partial charge in [0.25, 0.3) is 0 Å². The zero-order valence-electron chi connectivity index (χ0n) is 10.4. The standard InChI is InChI=1S/C12H15N3O4/c1-5-6(4-13-15-5)14-11(16)9-7-2-3-8(19-7)10(9)12(17)18/h4,7-10H,2-3H2,1H3,(H,13,15)(H,14,16)(H,17,18). The largest absolute Gasteiger partial charge is 0.481 e. The second kappa shape index (κ2) is 4.34. The Labute approximate surface area is 109 Å². The fourth-order valence-corrected chi connectivity index (χ4v) is 3.02. The third-order valence-electron chi connectivity index (χ3n) is 3.95. The maximum absolute atomic E-state index is 12.3. The van der Waals surface area contributed by atoms with Gasteiger partial charge in [-0.15, -0.1) is 0 Å². The molecule has 0 saturated carbocycles. The Bertz CT molecular complexity index is 527. The summed E-state index contributed by atoms with van der Waals surface area (Å²) in [7, 11) is 0. The zero-order chi connectivity index (χ0) is 13.6. The molecule has 3 rings (SSSR count). The number of amides is 1. The number of carboxylic acids is 1. The summed E-state index contributed by atoms with van der Waals surface area (Å²) in [6.45, 7) is 1.79. The minimum Gasteiger partial charge on any atom is -0.481 e. The van der Waals surface area contributed by atoms with Gasteiger partial charge in [-0.05, 0) is 19.8 Å². The van der Waals surface area contributed by atoms with Crippen LogP contribution in [0.5, 0.6) is 0 Å². The maximum atomic E-state index is 12.3. The van der Waals surface area contributed by atoms with Crippen LogP contribution in [0, 0.1) is 18.8 Å². The summed E-state index contributed by atoms with van der Waals surface area (Å²) in [4.78, 5) is 23.6. The van der Waals surface area contributed by atoms with E-state index in [9.17, 15) is 14.7 Å². The summed E-state index contributed by atoms with van der Waals surface area (Å²) < 4.78 is 5.56. The second-order valence-corrected chi connectivity index (χ2v) is 5.08. The van der Waals surface area contributed by atoms with Crippen molar-refractivity contribution in [3.63, 3.8) is 0 Å². The average Bonchev–Trinajstić information content (AvgIpc) is 3.04. The first-order chi connectivity index (χ1) is 9.08. The number of anilines is 1. The highest BCUT2D eigenvalue weighted by Gasteiger charge is 2.55. The lowest BCUT2D eigenvalue weighted by atomic mass is 9.78. The van der Waals surface area contributed by atoms with E-state index in [0.29, 0.717) is 5.69 Å². The molecule has 1 aromatic rings. The van der Waals surface area contributed by atoms with Crippen molar-refractivity contribution in [3.05, 3.63) is 11.9 Å². The molecule has 3 N–H and O–H groups in total. The number of aryl methyl sites for hydroxylation is 1. The Morgan fingerprint density at radius 1 is 1.42 bits per heavy atom. The number of carbonyl (C=O) groups excluding carboxylic acids is 1. The molecule has 19 heavy (non-hydrogen) atoms. The minimum atomic E-state index is -0.962. The average molecular weight is 265 g/mol. The fourth-order valence-electron chi connectivity index (χ4n) is 3.02. The molecule has 0 radical (unpaired) electrons. The van der Waals surface area contributed by atoms with Crippen molar-refractivity contribution < 1.29 is 19.4 Å². The molecule has 0 aromatic carbocycles. The lowest BCUT2D eigenvalue weighted by Gasteiger charge is -2.23. The molecule has 2 aliphatic rings. The summed E-state index contributed by atoms with van der Waals surface area (Å²) >= 11 is 0. The number of fused-ring (bicyclic) bond motifs is 2. The Morgan fingerprint density at radius 3 is 2.68 bits per heavy atom. The third-order valence-corrected chi connectivity index (χ3v) is 3.95. The Morgan fingerprint density at radius 2 is 2.11 bits per heavy atom. The quantitative estimate of drug-likeness (QED) is 0.739. The molecule has 0 spiro atoms. The van der Waals surface area contributed by atoms with Crippen molar-refractivity contribution in [1.82, 2.24) is 10.2 Å². The summed E-state index contributed by atoms with van der Waals surface area (Å²) in [5.74, 6) is -2.63. The van der Waals surface area contributed by atoms with E-state index in [1.54, 1.807) is 6.92 Å². The number of nitrogens with one attached hydrogen (secondary N) is 2. The number of nitrogens with zero attached hydrogens (tertiary/aromatic N) is 1. The molecule has 2 saturated heterocycles. The molecular weight excluding hydrogens is 250 g/mol.